The van der Waals surface area contributed by atoms with Crippen LogP contribution in [-0.4, -0.2) is 43.0 Å². The molecule has 32 heavy (non-hydrogen) atoms. The highest BCUT2D eigenvalue weighted by Gasteiger charge is 2.45. The number of hydrogen-bond donors (Lipinski definition) is 1. The molecule has 0 aliphatic carbocycles. The molecule has 2 atom stereocenters. The van der Waals surface area contributed by atoms with Gasteiger partial charge in [-0.2, -0.15) is 13.2 Å². The van der Waals surface area contributed by atoms with Crippen molar-refractivity contribution in [1.82, 2.24) is 10.2 Å². The molecule has 0 bridgehead atoms. The Labute approximate surface area is 204 Å². The van der Waals surface area contributed by atoms with Crippen LogP contribution in [0, 0.1) is 5.92 Å². The van der Waals surface area contributed by atoms with Gasteiger partial charge in [-0.15, -0.1) is 0 Å². The number of nitrogens with zero attached hydrogens (tertiary/aromatic N) is 1. The van der Waals surface area contributed by atoms with E-state index in [0.29, 0.717) is 36.6 Å². The predicted octanol–water partition coefficient (Wildman–Crippen LogP) is 6.71. The SMILES string of the molecule is FC(F)(F)N1C=CC=CC1C(Oc1c(Cl)cc(OCC=C(Cl)Cl)cc1Cl)C1CCNCC1. The Balaban J connectivity index is 1.89. The molecule has 3 rings (SSSR count). The van der Waals surface area contributed by atoms with Gasteiger partial charge < -0.3 is 14.8 Å². The maximum absolute atomic E-state index is 13.7. The topological polar surface area (TPSA) is 33.7 Å². The van der Waals surface area contributed by atoms with E-state index >= 15 is 0 Å². The smallest absolute Gasteiger partial charge is 0.485 e. The highest BCUT2D eigenvalue weighted by Crippen LogP contribution is 2.41. The van der Waals surface area contributed by atoms with Crippen molar-refractivity contribution < 1.29 is 22.6 Å². The van der Waals surface area contributed by atoms with Gasteiger partial charge in [0.1, 0.15) is 23.0 Å². The van der Waals surface area contributed by atoms with Crippen LogP contribution in [0.15, 0.2) is 47.1 Å². The highest BCUT2D eigenvalue weighted by atomic mass is 35.5. The molecular weight excluding hydrogens is 511 g/mol. The molecule has 1 N–H and O–H groups in total. The maximum Gasteiger partial charge on any atom is 0.485 e. The molecule has 0 aromatic heterocycles. The van der Waals surface area contributed by atoms with E-state index in [1.807, 2.05) is 0 Å². The Morgan fingerprint density at radius 2 is 1.81 bits per heavy atom. The van der Waals surface area contributed by atoms with Gasteiger partial charge in [-0.05, 0) is 38.1 Å². The van der Waals surface area contributed by atoms with Crippen LogP contribution in [0.2, 0.25) is 10.0 Å². The van der Waals surface area contributed by atoms with Gasteiger partial charge in [0.2, 0.25) is 0 Å². The Morgan fingerprint density at radius 3 is 2.41 bits per heavy atom. The van der Waals surface area contributed by atoms with E-state index in [1.165, 1.54) is 30.4 Å². The van der Waals surface area contributed by atoms with Crippen molar-refractivity contribution in [1.29, 1.82) is 0 Å². The summed E-state index contributed by atoms with van der Waals surface area (Å²) in [4.78, 5) is 0.348. The molecule has 4 nitrogen and oxygen atoms in total. The largest absolute Gasteiger partial charge is 0.489 e. The van der Waals surface area contributed by atoms with Crippen molar-refractivity contribution in [3.05, 3.63) is 57.2 Å². The Hall–Kier alpha value is -1.25. The van der Waals surface area contributed by atoms with Crippen molar-refractivity contribution >= 4 is 46.4 Å². The first kappa shape index (κ1) is 25.4. The fraction of sp³-hybridized carbons (Fsp3) is 0.429. The maximum atomic E-state index is 13.7. The van der Waals surface area contributed by atoms with E-state index in [0.717, 1.165) is 6.20 Å². The molecule has 0 spiro atoms. The molecule has 1 aromatic rings. The van der Waals surface area contributed by atoms with Crippen LogP contribution in [-0.2, 0) is 0 Å². The molecule has 0 radical (unpaired) electrons. The molecule has 1 saturated heterocycles. The lowest BCUT2D eigenvalue weighted by Gasteiger charge is -2.41. The first-order valence-electron chi connectivity index (χ1n) is 9.87. The van der Waals surface area contributed by atoms with Crippen molar-refractivity contribution in [2.24, 2.45) is 5.92 Å². The number of halogens is 7. The minimum atomic E-state index is -4.57. The summed E-state index contributed by atoms with van der Waals surface area (Å²) in [5.74, 6) is 0.315. The number of ether oxygens (including phenoxy) is 2. The predicted molar refractivity (Wildman–Crippen MR) is 122 cm³/mol. The lowest BCUT2D eigenvalue weighted by Crippen LogP contribution is -2.53. The third-order valence-electron chi connectivity index (χ3n) is 5.18. The summed E-state index contributed by atoms with van der Waals surface area (Å²) in [6, 6.07) is 1.90. The molecule has 2 aliphatic heterocycles. The zero-order valence-electron chi connectivity index (χ0n) is 16.7. The van der Waals surface area contributed by atoms with Crippen LogP contribution in [0.1, 0.15) is 12.8 Å². The molecule has 0 saturated carbocycles. The summed E-state index contributed by atoms with van der Waals surface area (Å²) in [7, 11) is 0. The van der Waals surface area contributed by atoms with Crippen molar-refractivity contribution in [3.63, 3.8) is 0 Å². The number of benzene rings is 1. The zero-order chi connectivity index (χ0) is 23.3. The van der Waals surface area contributed by atoms with E-state index in [-0.39, 0.29) is 32.8 Å². The van der Waals surface area contributed by atoms with Crippen molar-refractivity contribution in [3.8, 4) is 11.5 Å². The second kappa shape index (κ2) is 11.3. The van der Waals surface area contributed by atoms with Gasteiger partial charge in [0.05, 0.1) is 16.1 Å². The molecule has 176 valence electrons. The van der Waals surface area contributed by atoms with Crippen molar-refractivity contribution in [2.45, 2.75) is 31.3 Å². The van der Waals surface area contributed by atoms with Crippen molar-refractivity contribution in [2.75, 3.05) is 19.7 Å². The fourth-order valence-corrected chi connectivity index (χ4v) is 4.40. The number of hydrogen-bond acceptors (Lipinski definition) is 4. The van der Waals surface area contributed by atoms with E-state index in [2.05, 4.69) is 5.32 Å². The van der Waals surface area contributed by atoms with Gasteiger partial charge in [-0.3, -0.25) is 4.90 Å². The summed E-state index contributed by atoms with van der Waals surface area (Å²) in [5.41, 5.74) is 0. The highest BCUT2D eigenvalue weighted by molar-refractivity contribution is 6.55. The van der Waals surface area contributed by atoms with Gasteiger partial charge in [0, 0.05) is 24.3 Å². The Morgan fingerprint density at radius 1 is 1.16 bits per heavy atom. The van der Waals surface area contributed by atoms with E-state index < -0.39 is 18.4 Å². The summed E-state index contributed by atoms with van der Waals surface area (Å²) in [6.45, 7) is 1.47. The second-order valence-electron chi connectivity index (χ2n) is 7.28. The quantitative estimate of drug-likeness (QED) is 0.396. The molecular formula is C21H21Cl4F3N2O2. The summed E-state index contributed by atoms with van der Waals surface area (Å²) >= 11 is 23.9. The minimum Gasteiger partial charge on any atom is -0.489 e. The first-order chi connectivity index (χ1) is 15.2. The standard InChI is InChI=1S/C21H21Cl4F3N2O2/c22-15-11-14(31-10-6-18(24)25)12-16(23)20(15)32-19(13-4-7-29-8-5-13)17-3-1-2-9-30(17)21(26,27)28/h1-3,6,9,11-13,17,19,29H,4-5,7-8,10H2. The minimum absolute atomic E-state index is 0.0516. The van der Waals surface area contributed by atoms with E-state index in [9.17, 15) is 13.2 Å². The van der Waals surface area contributed by atoms with E-state index in [1.54, 1.807) is 6.08 Å². The average Bonchev–Trinajstić information content (AvgIpc) is 2.73. The first-order valence-corrected chi connectivity index (χ1v) is 11.4. The molecule has 0 amide bonds. The molecule has 1 fully saturated rings. The van der Waals surface area contributed by atoms with Crippen LogP contribution in [0.25, 0.3) is 0 Å². The Kier molecular flexibility index (Phi) is 8.92. The molecule has 2 unspecified atom stereocenters. The van der Waals surface area contributed by atoms with Gasteiger partial charge in [-0.25, -0.2) is 0 Å². The van der Waals surface area contributed by atoms with Crippen LogP contribution >= 0.6 is 46.4 Å². The molecule has 1 aromatic carbocycles. The van der Waals surface area contributed by atoms with Crippen LogP contribution in [0.5, 0.6) is 11.5 Å². The number of rotatable bonds is 7. The number of alkyl halides is 3. The average molecular weight is 532 g/mol. The summed E-state index contributed by atoms with van der Waals surface area (Å²) in [6.07, 6.45) is 2.79. The van der Waals surface area contributed by atoms with Gasteiger partial charge in [0.25, 0.3) is 0 Å². The fourth-order valence-electron chi connectivity index (χ4n) is 3.72. The summed E-state index contributed by atoms with van der Waals surface area (Å²) < 4.78 is 52.9. The van der Waals surface area contributed by atoms with Gasteiger partial charge >= 0.3 is 6.30 Å². The van der Waals surface area contributed by atoms with Crippen LogP contribution < -0.4 is 14.8 Å². The second-order valence-corrected chi connectivity index (χ2v) is 9.11. The third kappa shape index (κ3) is 6.64. The van der Waals surface area contributed by atoms with E-state index in [4.69, 9.17) is 55.9 Å². The molecule has 2 aliphatic rings. The number of piperidine rings is 1. The molecule has 2 heterocycles. The molecule has 11 heteroatoms. The summed E-state index contributed by atoms with van der Waals surface area (Å²) in [5, 5.41) is 3.47. The van der Waals surface area contributed by atoms with Crippen LogP contribution in [0.3, 0.4) is 0 Å². The number of nitrogens with one attached hydrogen (secondary N) is 1. The third-order valence-corrected chi connectivity index (χ3v) is 6.05. The lowest BCUT2D eigenvalue weighted by atomic mass is 9.86. The zero-order valence-corrected chi connectivity index (χ0v) is 19.7. The van der Waals surface area contributed by atoms with Crippen LogP contribution in [0.4, 0.5) is 13.2 Å². The monoisotopic (exact) mass is 530 g/mol. The lowest BCUT2D eigenvalue weighted by molar-refractivity contribution is -0.243. The Bertz CT molecular complexity index is 859. The van der Waals surface area contributed by atoms with Gasteiger partial charge in [-0.1, -0.05) is 58.6 Å². The van der Waals surface area contributed by atoms with Gasteiger partial charge in [0.15, 0.2) is 5.75 Å². The number of allylic oxidation sites excluding steroid dienone is 2. The normalized spacial score (nSPS) is 20.2.